The second kappa shape index (κ2) is 8.67. The van der Waals surface area contributed by atoms with Crippen LogP contribution < -0.4 is 5.32 Å². The largest absolute Gasteiger partial charge is 0.480 e. The molecule has 0 spiro atoms. The van der Waals surface area contributed by atoms with E-state index in [1.807, 2.05) is 30.3 Å². The van der Waals surface area contributed by atoms with E-state index in [-0.39, 0.29) is 12.5 Å². The molecule has 0 aliphatic carbocycles. The van der Waals surface area contributed by atoms with Gasteiger partial charge in [-0.1, -0.05) is 60.7 Å². The Balaban J connectivity index is 2.03. The van der Waals surface area contributed by atoms with Gasteiger partial charge in [0.15, 0.2) is 0 Å². The predicted octanol–water partition coefficient (Wildman–Crippen LogP) is 4.39. The standard InChI is InChI=1S/C20H20F3NO2/c1-14(12-16-8-5-9-17(13-16)20(21,22)23)24-18(19(25)26)11-10-15-6-3-2-4-7-15/h2-11,13-14,18,24H,12H2,1H3,(H,25,26)/b11-10+. The van der Waals surface area contributed by atoms with Gasteiger partial charge >= 0.3 is 12.1 Å². The lowest BCUT2D eigenvalue weighted by molar-refractivity contribution is -0.138. The van der Waals surface area contributed by atoms with Crippen LogP contribution in [0.15, 0.2) is 60.7 Å². The van der Waals surface area contributed by atoms with Crippen molar-refractivity contribution in [1.82, 2.24) is 5.32 Å². The molecule has 2 unspecified atom stereocenters. The third-order valence-corrected chi connectivity index (χ3v) is 3.81. The third-order valence-electron chi connectivity index (χ3n) is 3.81. The number of hydrogen-bond donors (Lipinski definition) is 2. The van der Waals surface area contributed by atoms with Gasteiger partial charge < -0.3 is 5.11 Å². The van der Waals surface area contributed by atoms with E-state index in [9.17, 15) is 23.1 Å². The fourth-order valence-corrected chi connectivity index (χ4v) is 2.57. The van der Waals surface area contributed by atoms with Crippen molar-refractivity contribution < 1.29 is 23.1 Å². The lowest BCUT2D eigenvalue weighted by Gasteiger charge is -2.18. The number of carbonyl (C=O) groups is 1. The van der Waals surface area contributed by atoms with E-state index in [1.165, 1.54) is 12.1 Å². The molecule has 0 radical (unpaired) electrons. The molecule has 0 amide bonds. The highest BCUT2D eigenvalue weighted by Crippen LogP contribution is 2.29. The summed E-state index contributed by atoms with van der Waals surface area (Å²) in [5.41, 5.74) is 0.656. The van der Waals surface area contributed by atoms with Crippen LogP contribution in [0, 0.1) is 0 Å². The van der Waals surface area contributed by atoms with Crippen molar-refractivity contribution in [3.8, 4) is 0 Å². The van der Waals surface area contributed by atoms with Gasteiger partial charge in [0, 0.05) is 6.04 Å². The van der Waals surface area contributed by atoms with Crippen LogP contribution in [0.4, 0.5) is 13.2 Å². The number of halogens is 3. The molecule has 2 N–H and O–H groups in total. The fourth-order valence-electron chi connectivity index (χ4n) is 2.57. The third kappa shape index (κ3) is 6.04. The zero-order chi connectivity index (χ0) is 19.2. The van der Waals surface area contributed by atoms with E-state index in [1.54, 1.807) is 19.1 Å². The lowest BCUT2D eigenvalue weighted by Crippen LogP contribution is -2.41. The number of hydrogen-bond acceptors (Lipinski definition) is 2. The molecule has 2 rings (SSSR count). The molecule has 0 saturated carbocycles. The number of carboxylic acid groups (broad SMARTS) is 1. The van der Waals surface area contributed by atoms with Crippen LogP contribution in [0.2, 0.25) is 0 Å². The van der Waals surface area contributed by atoms with Crippen molar-refractivity contribution in [1.29, 1.82) is 0 Å². The molecule has 0 heterocycles. The first-order valence-corrected chi connectivity index (χ1v) is 8.14. The number of benzene rings is 2. The Bertz CT molecular complexity index is 757. The van der Waals surface area contributed by atoms with Crippen LogP contribution in [-0.4, -0.2) is 23.2 Å². The first-order chi connectivity index (χ1) is 12.3. The van der Waals surface area contributed by atoms with Gasteiger partial charge in [-0.05, 0) is 30.5 Å². The highest BCUT2D eigenvalue weighted by atomic mass is 19.4. The maximum Gasteiger partial charge on any atom is 0.416 e. The summed E-state index contributed by atoms with van der Waals surface area (Å²) in [6, 6.07) is 13.1. The smallest absolute Gasteiger partial charge is 0.416 e. The molecule has 3 nitrogen and oxygen atoms in total. The van der Waals surface area contributed by atoms with E-state index in [2.05, 4.69) is 5.32 Å². The molecule has 0 aliphatic rings. The first-order valence-electron chi connectivity index (χ1n) is 8.14. The molecule has 0 bridgehead atoms. The molecular formula is C20H20F3NO2. The molecule has 2 atom stereocenters. The van der Waals surface area contributed by atoms with E-state index < -0.39 is 23.8 Å². The van der Waals surface area contributed by atoms with Gasteiger partial charge in [0.25, 0.3) is 0 Å². The van der Waals surface area contributed by atoms with Crippen molar-refractivity contribution >= 4 is 12.0 Å². The van der Waals surface area contributed by atoms with Crippen molar-refractivity contribution in [2.45, 2.75) is 31.6 Å². The Kier molecular flexibility index (Phi) is 6.58. The van der Waals surface area contributed by atoms with Crippen LogP contribution in [0.5, 0.6) is 0 Å². The van der Waals surface area contributed by atoms with Gasteiger partial charge in [-0.15, -0.1) is 0 Å². The van der Waals surface area contributed by atoms with E-state index in [4.69, 9.17) is 0 Å². The highest BCUT2D eigenvalue weighted by Gasteiger charge is 2.30. The summed E-state index contributed by atoms with van der Waals surface area (Å²) in [5.74, 6) is -1.05. The minimum absolute atomic E-state index is 0.285. The Morgan fingerprint density at radius 2 is 1.85 bits per heavy atom. The molecular weight excluding hydrogens is 343 g/mol. The zero-order valence-corrected chi connectivity index (χ0v) is 14.2. The summed E-state index contributed by atoms with van der Waals surface area (Å²) in [6.45, 7) is 1.74. The Morgan fingerprint density at radius 3 is 2.46 bits per heavy atom. The van der Waals surface area contributed by atoms with Gasteiger partial charge in [-0.3, -0.25) is 10.1 Å². The Labute approximate surface area is 150 Å². The summed E-state index contributed by atoms with van der Waals surface area (Å²) in [6.07, 6.45) is -0.884. The minimum Gasteiger partial charge on any atom is -0.480 e. The summed E-state index contributed by atoms with van der Waals surface area (Å²) in [4.78, 5) is 11.4. The molecule has 0 saturated heterocycles. The molecule has 6 heteroatoms. The van der Waals surface area contributed by atoms with E-state index in [0.29, 0.717) is 5.56 Å². The second-order valence-electron chi connectivity index (χ2n) is 6.06. The van der Waals surface area contributed by atoms with Crippen molar-refractivity contribution in [2.24, 2.45) is 0 Å². The van der Waals surface area contributed by atoms with E-state index >= 15 is 0 Å². The predicted molar refractivity (Wildman–Crippen MR) is 94.6 cm³/mol. The van der Waals surface area contributed by atoms with Crippen LogP contribution in [0.25, 0.3) is 6.08 Å². The van der Waals surface area contributed by atoms with Gasteiger partial charge in [0.1, 0.15) is 6.04 Å². The molecule has 2 aromatic rings. The monoisotopic (exact) mass is 363 g/mol. The van der Waals surface area contributed by atoms with Gasteiger partial charge in [0.2, 0.25) is 0 Å². The number of nitrogens with one attached hydrogen (secondary N) is 1. The number of aliphatic carboxylic acids is 1. The zero-order valence-electron chi connectivity index (χ0n) is 14.2. The number of alkyl halides is 3. The molecule has 0 fully saturated rings. The Morgan fingerprint density at radius 1 is 1.15 bits per heavy atom. The minimum atomic E-state index is -4.39. The van der Waals surface area contributed by atoms with E-state index in [0.717, 1.165) is 17.7 Å². The van der Waals surface area contributed by atoms with Gasteiger partial charge in [-0.2, -0.15) is 13.2 Å². The maximum atomic E-state index is 12.8. The topological polar surface area (TPSA) is 49.3 Å². The van der Waals surface area contributed by atoms with Gasteiger partial charge in [0.05, 0.1) is 5.56 Å². The molecule has 26 heavy (non-hydrogen) atoms. The summed E-state index contributed by atoms with van der Waals surface area (Å²) in [5, 5.41) is 12.3. The van der Waals surface area contributed by atoms with Crippen LogP contribution in [-0.2, 0) is 17.4 Å². The average molecular weight is 363 g/mol. The normalized spacial score (nSPS) is 14.3. The summed E-state index contributed by atoms with van der Waals surface area (Å²) < 4.78 is 38.3. The average Bonchev–Trinajstić information content (AvgIpc) is 2.58. The SMILES string of the molecule is CC(Cc1cccc(C(F)(F)F)c1)NC(/C=C/c1ccccc1)C(=O)O. The number of rotatable bonds is 7. The molecule has 0 aromatic heterocycles. The van der Waals surface area contributed by atoms with Gasteiger partial charge in [-0.25, -0.2) is 0 Å². The van der Waals surface area contributed by atoms with Crippen LogP contribution in [0.1, 0.15) is 23.6 Å². The Hall–Kier alpha value is -2.60. The first kappa shape index (κ1) is 19.7. The summed E-state index contributed by atoms with van der Waals surface area (Å²) in [7, 11) is 0. The molecule has 2 aromatic carbocycles. The van der Waals surface area contributed by atoms with Crippen LogP contribution >= 0.6 is 0 Å². The van der Waals surface area contributed by atoms with Crippen molar-refractivity contribution in [3.63, 3.8) is 0 Å². The maximum absolute atomic E-state index is 12.8. The quantitative estimate of drug-likeness (QED) is 0.767. The number of carboxylic acids is 1. The highest BCUT2D eigenvalue weighted by molar-refractivity contribution is 5.77. The van der Waals surface area contributed by atoms with Crippen LogP contribution in [0.3, 0.4) is 0 Å². The molecule has 0 aliphatic heterocycles. The van der Waals surface area contributed by atoms with Crippen molar-refractivity contribution in [3.05, 3.63) is 77.4 Å². The summed E-state index contributed by atoms with van der Waals surface area (Å²) >= 11 is 0. The lowest BCUT2D eigenvalue weighted by atomic mass is 10.0. The molecule has 138 valence electrons. The second-order valence-corrected chi connectivity index (χ2v) is 6.06. The van der Waals surface area contributed by atoms with Crippen molar-refractivity contribution in [2.75, 3.05) is 0 Å². The fraction of sp³-hybridized carbons (Fsp3) is 0.250.